The van der Waals surface area contributed by atoms with Crippen LogP contribution in [0.2, 0.25) is 0 Å². The Morgan fingerprint density at radius 2 is 2.13 bits per heavy atom. The Bertz CT molecular complexity index is 926. The second-order valence-corrected chi connectivity index (χ2v) is 5.36. The number of rotatable bonds is 4. The molecule has 9 heteroatoms. The monoisotopic (exact) mass is 329 g/mol. The predicted octanol–water partition coefficient (Wildman–Crippen LogP) is 2.78. The van der Waals surface area contributed by atoms with Gasteiger partial charge >= 0.3 is 0 Å². The van der Waals surface area contributed by atoms with E-state index in [9.17, 15) is 4.39 Å². The molecule has 0 N–H and O–H groups in total. The summed E-state index contributed by atoms with van der Waals surface area (Å²) < 4.78 is 29.0. The van der Waals surface area contributed by atoms with Gasteiger partial charge in [-0.05, 0) is 35.8 Å². The first-order chi connectivity index (χ1) is 11.3. The van der Waals surface area contributed by atoms with E-state index in [1.807, 2.05) is 6.07 Å². The van der Waals surface area contributed by atoms with Crippen LogP contribution < -0.4 is 4.74 Å². The van der Waals surface area contributed by atoms with Gasteiger partial charge in [-0.2, -0.15) is 0 Å². The van der Waals surface area contributed by atoms with Gasteiger partial charge in [0, 0.05) is 6.07 Å². The molecule has 0 aliphatic heterocycles. The van der Waals surface area contributed by atoms with E-state index in [1.54, 1.807) is 12.1 Å². The fraction of sp³-hybridized carbons (Fsp3) is 0.0714. The predicted molar refractivity (Wildman–Crippen MR) is 78.4 cm³/mol. The number of fused-ring (bicyclic) bond motifs is 1. The zero-order valence-electron chi connectivity index (χ0n) is 11.5. The summed E-state index contributed by atoms with van der Waals surface area (Å²) >= 11 is 1.27. The van der Waals surface area contributed by atoms with Crippen LogP contribution in [0.4, 0.5) is 4.39 Å². The first kappa shape index (κ1) is 13.7. The summed E-state index contributed by atoms with van der Waals surface area (Å²) in [7, 11) is 0. The third-order valence-corrected chi connectivity index (χ3v) is 3.78. The molecular formula is C14H8FN5O2S. The number of hydrogen-bond donors (Lipinski definition) is 0. The summed E-state index contributed by atoms with van der Waals surface area (Å²) in [4.78, 5) is 4.03. The Balaban J connectivity index is 1.71. The van der Waals surface area contributed by atoms with E-state index < -0.39 is 11.9 Å². The van der Waals surface area contributed by atoms with Crippen LogP contribution in [0.25, 0.3) is 10.2 Å². The van der Waals surface area contributed by atoms with E-state index >= 15 is 0 Å². The highest BCUT2D eigenvalue weighted by Crippen LogP contribution is 2.29. The maximum atomic E-state index is 13.1. The van der Waals surface area contributed by atoms with E-state index in [0.29, 0.717) is 11.4 Å². The first-order valence-corrected chi connectivity index (χ1v) is 7.33. The summed E-state index contributed by atoms with van der Waals surface area (Å²) in [5, 5.41) is 11.5. The molecule has 0 amide bonds. The molecule has 0 spiro atoms. The van der Waals surface area contributed by atoms with Crippen LogP contribution in [-0.4, -0.2) is 24.8 Å². The molecule has 4 rings (SSSR count). The summed E-state index contributed by atoms with van der Waals surface area (Å²) in [5.41, 5.74) is 1.25. The lowest BCUT2D eigenvalue weighted by Gasteiger charge is -2.15. The second-order valence-electron chi connectivity index (χ2n) is 4.58. The summed E-state index contributed by atoms with van der Waals surface area (Å²) in [6.45, 7) is 0. The molecule has 1 unspecified atom stereocenters. The van der Waals surface area contributed by atoms with Gasteiger partial charge in [-0.25, -0.2) is 4.39 Å². The number of ether oxygens (including phenoxy) is 1. The molecule has 1 aromatic carbocycles. The summed E-state index contributed by atoms with van der Waals surface area (Å²) in [5.74, 6) is 0.361. The number of aromatic nitrogens is 5. The van der Waals surface area contributed by atoms with Gasteiger partial charge in [0.05, 0.1) is 16.6 Å². The molecule has 1 atom stereocenters. The van der Waals surface area contributed by atoms with Gasteiger partial charge in [0.1, 0.15) is 17.1 Å². The molecule has 0 aliphatic rings. The fourth-order valence-electron chi connectivity index (χ4n) is 2.04. The van der Waals surface area contributed by atoms with Gasteiger partial charge in [0.15, 0.2) is 0 Å². The van der Waals surface area contributed by atoms with E-state index in [2.05, 4.69) is 24.8 Å². The highest BCUT2D eigenvalue weighted by Gasteiger charge is 2.23. The summed E-state index contributed by atoms with van der Waals surface area (Å²) in [6.07, 6.45) is 1.57. The van der Waals surface area contributed by atoms with Crippen molar-refractivity contribution < 1.29 is 13.5 Å². The van der Waals surface area contributed by atoms with Crippen LogP contribution >= 0.6 is 11.5 Å². The highest BCUT2D eigenvalue weighted by atomic mass is 32.1. The van der Waals surface area contributed by atoms with Crippen molar-refractivity contribution in [2.45, 2.75) is 6.10 Å². The molecule has 0 saturated heterocycles. The molecule has 114 valence electrons. The molecule has 0 radical (unpaired) electrons. The molecule has 0 saturated carbocycles. The van der Waals surface area contributed by atoms with Crippen LogP contribution in [0.15, 0.2) is 47.3 Å². The third-order valence-electron chi connectivity index (χ3n) is 3.09. The van der Waals surface area contributed by atoms with Crippen LogP contribution in [0.5, 0.6) is 5.75 Å². The third kappa shape index (κ3) is 2.73. The minimum atomic E-state index is -0.739. The molecule has 4 aromatic rings. The van der Waals surface area contributed by atoms with Gasteiger partial charge in [0.2, 0.25) is 12.5 Å². The number of benzene rings is 1. The Morgan fingerprint density at radius 1 is 1.17 bits per heavy atom. The van der Waals surface area contributed by atoms with Gasteiger partial charge in [-0.15, -0.1) is 15.3 Å². The largest absolute Gasteiger partial charge is 0.474 e. The molecule has 23 heavy (non-hydrogen) atoms. The minimum absolute atomic E-state index is 0.228. The molecule has 3 heterocycles. The SMILES string of the molecule is Fc1ccc(C(Oc2ccc3nnsc3c2)c2nnco2)nc1. The first-order valence-electron chi connectivity index (χ1n) is 6.56. The number of halogens is 1. The van der Waals surface area contributed by atoms with Crippen LogP contribution in [0, 0.1) is 5.82 Å². The van der Waals surface area contributed by atoms with E-state index in [1.165, 1.54) is 30.1 Å². The number of hydrogen-bond acceptors (Lipinski definition) is 8. The molecule has 0 aliphatic carbocycles. The maximum absolute atomic E-state index is 13.1. The highest BCUT2D eigenvalue weighted by molar-refractivity contribution is 7.12. The topological polar surface area (TPSA) is 86.8 Å². The fourth-order valence-corrected chi connectivity index (χ4v) is 2.63. The van der Waals surface area contributed by atoms with Gasteiger partial charge in [0.25, 0.3) is 5.89 Å². The quantitative estimate of drug-likeness (QED) is 0.569. The van der Waals surface area contributed by atoms with Crippen molar-refractivity contribution >= 4 is 21.7 Å². The normalized spacial score (nSPS) is 12.4. The van der Waals surface area contributed by atoms with Crippen LogP contribution in [0.3, 0.4) is 0 Å². The maximum Gasteiger partial charge on any atom is 0.263 e. The van der Waals surface area contributed by atoms with Crippen LogP contribution in [-0.2, 0) is 0 Å². The molecule has 0 bridgehead atoms. The van der Waals surface area contributed by atoms with Crippen molar-refractivity contribution in [1.82, 2.24) is 24.8 Å². The van der Waals surface area contributed by atoms with E-state index in [-0.39, 0.29) is 5.89 Å². The standard InChI is InChI=1S/C14H8FN5O2S/c15-8-1-3-11(16-6-8)13(14-19-17-7-21-14)22-9-2-4-10-12(5-9)23-20-18-10/h1-7,13H. The number of pyridine rings is 1. The van der Waals surface area contributed by atoms with Gasteiger partial charge < -0.3 is 9.15 Å². The van der Waals surface area contributed by atoms with Crippen molar-refractivity contribution in [2.24, 2.45) is 0 Å². The zero-order chi connectivity index (χ0) is 15.6. The lowest BCUT2D eigenvalue weighted by molar-refractivity contribution is 0.203. The number of nitrogens with zero attached hydrogens (tertiary/aromatic N) is 5. The molecule has 0 fully saturated rings. The lowest BCUT2D eigenvalue weighted by atomic mass is 10.2. The average Bonchev–Trinajstić information content (AvgIpc) is 3.24. The second kappa shape index (κ2) is 5.69. The lowest BCUT2D eigenvalue weighted by Crippen LogP contribution is -2.12. The average molecular weight is 329 g/mol. The van der Waals surface area contributed by atoms with Gasteiger partial charge in [-0.3, -0.25) is 4.98 Å². The molecular weight excluding hydrogens is 321 g/mol. The minimum Gasteiger partial charge on any atom is -0.474 e. The van der Waals surface area contributed by atoms with Crippen LogP contribution in [0.1, 0.15) is 17.7 Å². The Labute approximate surface area is 132 Å². The Kier molecular flexibility index (Phi) is 3.39. The zero-order valence-corrected chi connectivity index (χ0v) is 12.3. The summed E-state index contributed by atoms with van der Waals surface area (Å²) in [6, 6.07) is 8.18. The Morgan fingerprint density at radius 3 is 2.91 bits per heavy atom. The van der Waals surface area contributed by atoms with Gasteiger partial charge in [-0.1, -0.05) is 4.49 Å². The van der Waals surface area contributed by atoms with Crippen molar-refractivity contribution in [3.05, 3.63) is 60.3 Å². The van der Waals surface area contributed by atoms with E-state index in [4.69, 9.17) is 9.15 Å². The molecule has 7 nitrogen and oxygen atoms in total. The van der Waals surface area contributed by atoms with Crippen molar-refractivity contribution in [3.8, 4) is 5.75 Å². The Hall–Kier alpha value is -2.94. The smallest absolute Gasteiger partial charge is 0.263 e. The van der Waals surface area contributed by atoms with Crippen molar-refractivity contribution in [3.63, 3.8) is 0 Å². The van der Waals surface area contributed by atoms with Crippen molar-refractivity contribution in [2.75, 3.05) is 0 Å². The molecule has 3 aromatic heterocycles. The van der Waals surface area contributed by atoms with E-state index in [0.717, 1.165) is 16.4 Å². The van der Waals surface area contributed by atoms with Crippen molar-refractivity contribution in [1.29, 1.82) is 0 Å².